The number of hydrogen-bond donors (Lipinski definition) is 1. The van der Waals surface area contributed by atoms with Gasteiger partial charge in [-0.2, -0.15) is 0 Å². The fraction of sp³-hybridized carbons (Fsp3) is 0.167. The van der Waals surface area contributed by atoms with E-state index in [0.29, 0.717) is 11.3 Å². The first-order valence-electron chi connectivity index (χ1n) is 9.72. The van der Waals surface area contributed by atoms with Gasteiger partial charge in [-0.3, -0.25) is 9.59 Å². The van der Waals surface area contributed by atoms with Crippen LogP contribution in [0.4, 0.5) is 0 Å². The van der Waals surface area contributed by atoms with Gasteiger partial charge in [-0.25, -0.2) is 0 Å². The molecule has 1 N–H and O–H groups in total. The van der Waals surface area contributed by atoms with Gasteiger partial charge in [0.05, 0.1) is 42.1 Å². The third-order valence-corrected chi connectivity index (χ3v) is 5.77. The van der Waals surface area contributed by atoms with E-state index in [1.165, 1.54) is 30.4 Å². The molecule has 1 atom stereocenters. The van der Waals surface area contributed by atoms with E-state index < -0.39 is 23.5 Å². The number of methoxy groups -OCH3 is 1. The topological polar surface area (TPSA) is 80.0 Å². The van der Waals surface area contributed by atoms with E-state index in [9.17, 15) is 14.7 Å². The normalized spacial score (nSPS) is 17.8. The summed E-state index contributed by atoms with van der Waals surface area (Å²) in [5.41, 5.74) is 1.65. The molecule has 164 valence electrons. The number of aliphatic hydroxyl groups is 1. The Labute approximate surface area is 194 Å². The summed E-state index contributed by atoms with van der Waals surface area (Å²) in [4.78, 5) is 27.6. The molecule has 2 heterocycles. The Morgan fingerprint density at radius 1 is 1.16 bits per heavy atom. The smallest absolute Gasteiger partial charge is 0.296 e. The van der Waals surface area contributed by atoms with Gasteiger partial charge >= 0.3 is 0 Å². The largest absolute Gasteiger partial charge is 0.507 e. The Hall–Kier alpha value is -3.22. The van der Waals surface area contributed by atoms with Crippen LogP contribution in [0, 0.1) is 6.92 Å². The average Bonchev–Trinajstić information content (AvgIpc) is 3.35. The van der Waals surface area contributed by atoms with E-state index in [2.05, 4.69) is 0 Å². The number of hydrogen-bond acceptors (Lipinski definition) is 5. The van der Waals surface area contributed by atoms with Crippen LogP contribution in [-0.2, 0) is 16.1 Å². The molecule has 1 saturated heterocycles. The SMILES string of the molecule is COc1c(Cl)cc(Cl)cc1/C(O)=C1\C(=O)C(=O)N(Cc2ccco2)C1c1cccc(C)c1. The van der Waals surface area contributed by atoms with Gasteiger partial charge < -0.3 is 19.2 Å². The molecule has 0 radical (unpaired) electrons. The van der Waals surface area contributed by atoms with Crippen molar-refractivity contribution in [2.24, 2.45) is 0 Å². The van der Waals surface area contributed by atoms with Crippen LogP contribution in [-0.4, -0.2) is 28.8 Å². The van der Waals surface area contributed by atoms with Gasteiger partial charge in [0.15, 0.2) is 0 Å². The predicted octanol–water partition coefficient (Wildman–Crippen LogP) is 5.53. The number of ether oxygens (including phenoxy) is 1. The van der Waals surface area contributed by atoms with Crippen molar-refractivity contribution in [2.75, 3.05) is 7.11 Å². The van der Waals surface area contributed by atoms with Crippen molar-refractivity contribution in [3.05, 3.63) is 92.9 Å². The van der Waals surface area contributed by atoms with Crippen LogP contribution < -0.4 is 4.74 Å². The highest BCUT2D eigenvalue weighted by atomic mass is 35.5. The highest BCUT2D eigenvalue weighted by Crippen LogP contribution is 2.43. The first-order valence-corrected chi connectivity index (χ1v) is 10.5. The number of benzene rings is 2. The number of aliphatic hydroxyl groups excluding tert-OH is 1. The number of rotatable bonds is 5. The van der Waals surface area contributed by atoms with E-state index in [4.69, 9.17) is 32.4 Å². The summed E-state index contributed by atoms with van der Waals surface area (Å²) in [6, 6.07) is 12.9. The fourth-order valence-corrected chi connectivity index (χ4v) is 4.46. The zero-order valence-corrected chi connectivity index (χ0v) is 18.8. The van der Waals surface area contributed by atoms with Crippen LogP contribution in [0.3, 0.4) is 0 Å². The maximum absolute atomic E-state index is 13.2. The third-order valence-electron chi connectivity index (χ3n) is 5.27. The monoisotopic (exact) mass is 471 g/mol. The molecule has 0 aliphatic carbocycles. The maximum atomic E-state index is 13.2. The van der Waals surface area contributed by atoms with Crippen LogP contribution in [0.2, 0.25) is 10.0 Å². The predicted molar refractivity (Wildman–Crippen MR) is 121 cm³/mol. The molecule has 0 spiro atoms. The maximum Gasteiger partial charge on any atom is 0.296 e. The molecule has 8 heteroatoms. The number of nitrogens with zero attached hydrogens (tertiary/aromatic N) is 1. The number of ketones is 1. The second-order valence-corrected chi connectivity index (χ2v) is 8.23. The number of Topliss-reactive ketones (excluding diaryl/α,β-unsaturated/α-hetero) is 1. The van der Waals surface area contributed by atoms with Crippen molar-refractivity contribution >= 4 is 40.7 Å². The second kappa shape index (κ2) is 8.73. The lowest BCUT2D eigenvalue weighted by atomic mass is 9.94. The molecule has 1 aliphatic rings. The minimum atomic E-state index is -0.845. The number of carbonyl (C=O) groups excluding carboxylic acids is 2. The molecule has 0 bridgehead atoms. The Balaban J connectivity index is 1.95. The van der Waals surface area contributed by atoms with Crippen molar-refractivity contribution in [1.29, 1.82) is 0 Å². The molecular weight excluding hydrogens is 453 g/mol. The van der Waals surface area contributed by atoms with Gasteiger partial charge in [-0.05, 0) is 36.8 Å². The number of carbonyl (C=O) groups is 2. The number of amides is 1. The van der Waals surface area contributed by atoms with Gasteiger partial charge in [-0.1, -0.05) is 53.0 Å². The Morgan fingerprint density at radius 3 is 2.59 bits per heavy atom. The van der Waals surface area contributed by atoms with E-state index in [0.717, 1.165) is 5.56 Å². The molecule has 1 aliphatic heterocycles. The van der Waals surface area contributed by atoms with Crippen LogP contribution in [0.5, 0.6) is 5.75 Å². The van der Waals surface area contributed by atoms with Crippen molar-refractivity contribution < 1.29 is 23.8 Å². The Morgan fingerprint density at radius 2 is 1.94 bits per heavy atom. The number of furan rings is 1. The second-order valence-electron chi connectivity index (χ2n) is 7.39. The zero-order chi connectivity index (χ0) is 23.0. The molecule has 6 nitrogen and oxygen atoms in total. The standard InChI is InChI=1S/C24H19Cl2NO5/c1-13-5-3-6-14(9-13)20-19(21(28)17-10-15(25)11-18(26)23(17)31-2)22(29)24(30)27(20)12-16-7-4-8-32-16/h3-11,20,28H,12H2,1-2H3/b21-19+. The van der Waals surface area contributed by atoms with E-state index in [1.54, 1.807) is 18.2 Å². The molecule has 4 rings (SSSR count). The first kappa shape index (κ1) is 22.0. The van der Waals surface area contributed by atoms with Crippen molar-refractivity contribution in [1.82, 2.24) is 4.90 Å². The lowest BCUT2D eigenvalue weighted by Crippen LogP contribution is -2.29. The summed E-state index contributed by atoms with van der Waals surface area (Å²) in [5, 5.41) is 11.7. The summed E-state index contributed by atoms with van der Waals surface area (Å²) in [7, 11) is 1.39. The first-order chi connectivity index (χ1) is 15.3. The quantitative estimate of drug-likeness (QED) is 0.300. The summed E-state index contributed by atoms with van der Waals surface area (Å²) in [5.74, 6) is -1.33. The zero-order valence-electron chi connectivity index (χ0n) is 17.3. The molecule has 32 heavy (non-hydrogen) atoms. The Bertz CT molecular complexity index is 1230. The summed E-state index contributed by atoms with van der Waals surface area (Å²) in [6.45, 7) is 1.96. The van der Waals surface area contributed by atoms with E-state index in [-0.39, 0.29) is 33.5 Å². The van der Waals surface area contributed by atoms with E-state index >= 15 is 0 Å². The minimum Gasteiger partial charge on any atom is -0.507 e. The molecule has 1 unspecified atom stereocenters. The average molecular weight is 472 g/mol. The molecule has 1 aromatic heterocycles. The van der Waals surface area contributed by atoms with Gasteiger partial charge in [0.25, 0.3) is 11.7 Å². The van der Waals surface area contributed by atoms with Gasteiger partial charge in [0, 0.05) is 5.02 Å². The highest BCUT2D eigenvalue weighted by molar-refractivity contribution is 6.46. The van der Waals surface area contributed by atoms with Crippen molar-refractivity contribution in [3.63, 3.8) is 0 Å². The van der Waals surface area contributed by atoms with Gasteiger partial charge in [0.1, 0.15) is 17.3 Å². The molecule has 0 saturated carbocycles. The molecular formula is C24H19Cl2NO5. The Kier molecular flexibility index (Phi) is 6.00. The van der Waals surface area contributed by atoms with Crippen LogP contribution in [0.25, 0.3) is 5.76 Å². The molecule has 1 amide bonds. The number of aryl methyl sites for hydroxylation is 1. The van der Waals surface area contributed by atoms with Crippen molar-refractivity contribution in [2.45, 2.75) is 19.5 Å². The molecule has 2 aromatic carbocycles. The lowest BCUT2D eigenvalue weighted by Gasteiger charge is -2.25. The summed E-state index contributed by atoms with van der Waals surface area (Å²) in [6.07, 6.45) is 1.49. The van der Waals surface area contributed by atoms with Gasteiger partial charge in [0.2, 0.25) is 0 Å². The summed E-state index contributed by atoms with van der Waals surface area (Å²) < 4.78 is 10.7. The number of halogens is 2. The van der Waals surface area contributed by atoms with Crippen LogP contribution in [0.15, 0.2) is 64.8 Å². The highest BCUT2D eigenvalue weighted by Gasteiger charge is 2.46. The van der Waals surface area contributed by atoms with E-state index in [1.807, 2.05) is 25.1 Å². The minimum absolute atomic E-state index is 0.0560. The van der Waals surface area contributed by atoms with Crippen LogP contribution >= 0.6 is 23.2 Å². The molecule has 3 aromatic rings. The van der Waals surface area contributed by atoms with Crippen LogP contribution in [0.1, 0.15) is 28.5 Å². The van der Waals surface area contributed by atoms with Crippen molar-refractivity contribution in [3.8, 4) is 5.75 Å². The lowest BCUT2D eigenvalue weighted by molar-refractivity contribution is -0.140. The van der Waals surface area contributed by atoms with Gasteiger partial charge in [-0.15, -0.1) is 0 Å². The fourth-order valence-electron chi connectivity index (χ4n) is 3.89. The summed E-state index contributed by atoms with van der Waals surface area (Å²) >= 11 is 12.4. The molecule has 1 fully saturated rings. The number of likely N-dealkylation sites (tertiary alicyclic amines) is 1. The third kappa shape index (κ3) is 3.87.